The van der Waals surface area contributed by atoms with E-state index in [0.717, 1.165) is 0 Å². The van der Waals surface area contributed by atoms with Gasteiger partial charge >= 0.3 is 5.97 Å². The van der Waals surface area contributed by atoms with E-state index in [9.17, 15) is 45.6 Å². The summed E-state index contributed by atoms with van der Waals surface area (Å²) < 4.78 is 24.2. The third-order valence-corrected chi connectivity index (χ3v) is 10.1. The van der Waals surface area contributed by atoms with Crippen LogP contribution in [0.25, 0.3) is 0 Å². The Kier molecular flexibility index (Phi) is 11.1. The number of fused-ring (bicyclic) bond motifs is 1. The van der Waals surface area contributed by atoms with Crippen LogP contribution in [0.1, 0.15) is 64.2 Å². The summed E-state index contributed by atoms with van der Waals surface area (Å²) in [6.45, 7) is -0.600. The summed E-state index contributed by atoms with van der Waals surface area (Å²) >= 11 is 0. The van der Waals surface area contributed by atoms with Gasteiger partial charge in [0.25, 0.3) is 0 Å². The monoisotopic (exact) mass is 616 g/mol. The van der Waals surface area contributed by atoms with E-state index in [2.05, 4.69) is 0 Å². The van der Waals surface area contributed by atoms with Crippen molar-refractivity contribution in [1.29, 1.82) is 0 Å². The highest BCUT2D eigenvalue weighted by molar-refractivity contribution is 5.82. The molecule has 0 amide bonds. The van der Waals surface area contributed by atoms with Crippen LogP contribution in [-0.2, 0) is 23.7 Å². The molecule has 0 radical (unpaired) electrons. The molecular formula is C30H48O13. The number of aliphatic hydroxyl groups is 8. The van der Waals surface area contributed by atoms with Crippen LogP contribution in [0.15, 0.2) is 12.2 Å². The van der Waals surface area contributed by atoms with E-state index in [1.807, 2.05) is 0 Å². The Morgan fingerprint density at radius 1 is 0.744 bits per heavy atom. The van der Waals surface area contributed by atoms with Crippen molar-refractivity contribution in [3.8, 4) is 0 Å². The fraction of sp³-hybridized carbons (Fsp3) is 0.900. The van der Waals surface area contributed by atoms with Crippen molar-refractivity contribution in [2.75, 3.05) is 6.61 Å². The zero-order valence-electron chi connectivity index (χ0n) is 24.3. The number of ether oxygens (including phenoxy) is 4. The second-order valence-electron chi connectivity index (χ2n) is 13.1. The van der Waals surface area contributed by atoms with Gasteiger partial charge in [-0.3, -0.25) is 0 Å². The maximum absolute atomic E-state index is 13.1. The van der Waals surface area contributed by atoms with E-state index in [-0.39, 0.29) is 30.3 Å². The smallest absolute Gasteiger partial charge is 0.330 e. The molecule has 8 N–H and O–H groups in total. The van der Waals surface area contributed by atoms with Crippen LogP contribution in [0.5, 0.6) is 0 Å². The fourth-order valence-corrected chi connectivity index (χ4v) is 7.58. The van der Waals surface area contributed by atoms with Gasteiger partial charge in [0.1, 0.15) is 30.5 Å². The molecule has 2 heterocycles. The lowest BCUT2D eigenvalue weighted by atomic mass is 9.73. The Bertz CT molecular complexity index is 939. The molecule has 5 aliphatic rings. The van der Waals surface area contributed by atoms with Crippen molar-refractivity contribution in [1.82, 2.24) is 0 Å². The van der Waals surface area contributed by atoms with E-state index < -0.39 is 86.0 Å². The van der Waals surface area contributed by atoms with E-state index in [0.29, 0.717) is 57.8 Å². The first kappa shape index (κ1) is 33.1. The van der Waals surface area contributed by atoms with Crippen LogP contribution < -0.4 is 0 Å². The Balaban J connectivity index is 1.30. The quantitative estimate of drug-likeness (QED) is 0.123. The molecule has 2 aliphatic heterocycles. The predicted molar refractivity (Wildman–Crippen MR) is 147 cm³/mol. The summed E-state index contributed by atoms with van der Waals surface area (Å²) in [4.78, 5) is 13.1. The van der Waals surface area contributed by atoms with Gasteiger partial charge in [-0.15, -0.1) is 0 Å². The Hall–Kier alpha value is -1.23. The molecule has 0 bridgehead atoms. The van der Waals surface area contributed by atoms with Gasteiger partial charge < -0.3 is 59.8 Å². The first-order valence-corrected chi connectivity index (χ1v) is 15.8. The van der Waals surface area contributed by atoms with Gasteiger partial charge in [-0.1, -0.05) is 6.08 Å². The third-order valence-electron chi connectivity index (χ3n) is 10.1. The fourth-order valence-electron chi connectivity index (χ4n) is 7.58. The number of carbonyl (C=O) groups is 1. The van der Waals surface area contributed by atoms with E-state index in [1.165, 1.54) is 6.08 Å². The minimum absolute atomic E-state index is 0.0324. The normalized spacial score (nSPS) is 49.4. The highest BCUT2D eigenvalue weighted by atomic mass is 16.7. The van der Waals surface area contributed by atoms with E-state index in [4.69, 9.17) is 18.9 Å². The maximum Gasteiger partial charge on any atom is 0.330 e. The van der Waals surface area contributed by atoms with Crippen molar-refractivity contribution in [2.45, 2.75) is 144 Å². The predicted octanol–water partition coefficient (Wildman–Crippen LogP) is -1.36. The van der Waals surface area contributed by atoms with Crippen LogP contribution in [-0.4, -0.2) is 133 Å². The lowest BCUT2D eigenvalue weighted by molar-refractivity contribution is -0.327. The molecule has 14 atom stereocenters. The molecule has 43 heavy (non-hydrogen) atoms. The number of aliphatic hydroxyl groups excluding tert-OH is 8. The van der Waals surface area contributed by atoms with Gasteiger partial charge in [0.05, 0.1) is 49.3 Å². The molecule has 14 unspecified atom stereocenters. The molecule has 5 rings (SSSR count). The van der Waals surface area contributed by atoms with Crippen LogP contribution in [0.4, 0.5) is 0 Å². The van der Waals surface area contributed by atoms with Gasteiger partial charge in [0.15, 0.2) is 6.29 Å². The summed E-state index contributed by atoms with van der Waals surface area (Å²) in [6, 6.07) is 0. The minimum Gasteiger partial charge on any atom is -0.456 e. The second kappa shape index (κ2) is 14.5. The van der Waals surface area contributed by atoms with Gasteiger partial charge in [-0.05, 0) is 69.6 Å². The zero-order valence-corrected chi connectivity index (χ0v) is 24.3. The van der Waals surface area contributed by atoms with E-state index in [1.54, 1.807) is 6.08 Å². The van der Waals surface area contributed by atoms with Gasteiger partial charge in [-0.25, -0.2) is 4.79 Å². The summed E-state index contributed by atoms with van der Waals surface area (Å²) in [7, 11) is 0. The molecule has 3 saturated carbocycles. The molecule has 0 aromatic heterocycles. The number of allylic oxidation sites excluding steroid dienone is 1. The van der Waals surface area contributed by atoms with Crippen molar-refractivity contribution < 1.29 is 64.6 Å². The number of rotatable bonds is 7. The molecule has 2 saturated heterocycles. The molecular weight excluding hydrogens is 568 g/mol. The van der Waals surface area contributed by atoms with Crippen molar-refractivity contribution >= 4 is 5.97 Å². The lowest BCUT2D eigenvalue weighted by Crippen LogP contribution is -2.61. The molecule has 13 heteroatoms. The SMILES string of the molecule is O=C(C=CC1CCC(O)C(O)C1)OC1CC2C(OC3OC(CO)C(O)C(O)C3O)CC(O)CC2OC1C1CCC(O)CC1. The molecule has 3 aliphatic carbocycles. The number of carbonyl (C=O) groups excluding carboxylic acids is 1. The van der Waals surface area contributed by atoms with Crippen LogP contribution in [0, 0.1) is 17.8 Å². The largest absolute Gasteiger partial charge is 0.456 e. The Morgan fingerprint density at radius 2 is 1.49 bits per heavy atom. The second-order valence-corrected chi connectivity index (χ2v) is 13.1. The summed E-state index contributed by atoms with van der Waals surface area (Å²) in [5, 5.41) is 81.1. The highest BCUT2D eigenvalue weighted by Crippen LogP contribution is 2.44. The van der Waals surface area contributed by atoms with Gasteiger partial charge in [0, 0.05) is 18.4 Å². The summed E-state index contributed by atoms with van der Waals surface area (Å²) in [5.41, 5.74) is 0. The minimum atomic E-state index is -1.61. The number of hydrogen-bond donors (Lipinski definition) is 8. The average molecular weight is 617 g/mol. The van der Waals surface area contributed by atoms with Crippen molar-refractivity contribution in [2.24, 2.45) is 17.8 Å². The Labute approximate surface area is 251 Å². The maximum atomic E-state index is 13.1. The molecule has 246 valence electrons. The first-order valence-electron chi connectivity index (χ1n) is 15.8. The van der Waals surface area contributed by atoms with Crippen LogP contribution >= 0.6 is 0 Å². The topological polar surface area (TPSA) is 216 Å². The van der Waals surface area contributed by atoms with Gasteiger partial charge in [-0.2, -0.15) is 0 Å². The van der Waals surface area contributed by atoms with Crippen molar-refractivity contribution in [3.05, 3.63) is 12.2 Å². The molecule has 5 fully saturated rings. The molecule has 13 nitrogen and oxygen atoms in total. The van der Waals surface area contributed by atoms with Crippen molar-refractivity contribution in [3.63, 3.8) is 0 Å². The highest BCUT2D eigenvalue weighted by Gasteiger charge is 2.52. The lowest BCUT2D eigenvalue weighted by Gasteiger charge is -2.51. The molecule has 0 aromatic rings. The number of hydrogen-bond acceptors (Lipinski definition) is 13. The van der Waals surface area contributed by atoms with Crippen LogP contribution in [0.2, 0.25) is 0 Å². The van der Waals surface area contributed by atoms with E-state index >= 15 is 0 Å². The Morgan fingerprint density at radius 3 is 2.19 bits per heavy atom. The van der Waals surface area contributed by atoms with Crippen LogP contribution in [0.3, 0.4) is 0 Å². The summed E-state index contributed by atoms with van der Waals surface area (Å²) in [6.07, 6.45) is -4.31. The zero-order chi connectivity index (χ0) is 30.8. The first-order chi connectivity index (χ1) is 20.5. The molecule has 0 aromatic carbocycles. The molecule has 0 spiro atoms. The summed E-state index contributed by atoms with van der Waals surface area (Å²) in [5.74, 6) is -0.955. The van der Waals surface area contributed by atoms with Gasteiger partial charge in [0.2, 0.25) is 0 Å². The standard InChI is InChI=1S/C30H48O13/c31-13-24-26(37)27(38)28(39)30(43-24)42-22-11-17(33)10-21-18(22)12-23(29(41-21)15-3-5-16(32)6-4-15)40-25(36)8-2-14-1-7-19(34)20(35)9-14/h2,8,14-24,26-35,37-39H,1,3-7,9-13H2. The third kappa shape index (κ3) is 7.78. The average Bonchev–Trinajstić information content (AvgIpc) is 2.98. The number of esters is 1.